The Morgan fingerprint density at radius 1 is 1.30 bits per heavy atom. The molecule has 1 aromatic heterocycles. The SMILES string of the molecule is Cc1c(C(=O)O)c(=O)cc(-c2ccc(Cl)cc2)n1C.[H-].[Na+]. The number of rotatable bonds is 2. The molecule has 100 valence electrons. The summed E-state index contributed by atoms with van der Waals surface area (Å²) in [6.45, 7) is 1.62. The van der Waals surface area contributed by atoms with Gasteiger partial charge in [0.25, 0.3) is 0 Å². The van der Waals surface area contributed by atoms with E-state index in [0.717, 1.165) is 5.56 Å². The molecule has 0 bridgehead atoms. The van der Waals surface area contributed by atoms with Gasteiger partial charge in [0.15, 0.2) is 5.43 Å². The van der Waals surface area contributed by atoms with Crippen molar-refractivity contribution in [3.63, 3.8) is 0 Å². The molecule has 0 saturated heterocycles. The molecule has 1 N–H and O–H groups in total. The topological polar surface area (TPSA) is 59.3 Å². The first-order chi connectivity index (χ1) is 8.91. The van der Waals surface area contributed by atoms with E-state index in [4.69, 9.17) is 16.7 Å². The van der Waals surface area contributed by atoms with Crippen molar-refractivity contribution < 1.29 is 40.9 Å². The third-order valence-corrected chi connectivity index (χ3v) is 3.35. The number of carbonyl (C=O) groups is 1. The molecule has 0 spiro atoms. The molecule has 1 heterocycles. The maximum Gasteiger partial charge on any atom is 1.00 e. The zero-order chi connectivity index (χ0) is 14.2. The predicted octanol–water partition coefficient (Wildman–Crippen LogP) is -0.171. The van der Waals surface area contributed by atoms with Crippen molar-refractivity contribution >= 4 is 17.6 Å². The first kappa shape index (κ1) is 17.0. The van der Waals surface area contributed by atoms with Gasteiger partial charge in [0.05, 0.1) is 5.69 Å². The fourth-order valence-corrected chi connectivity index (χ4v) is 2.10. The van der Waals surface area contributed by atoms with Crippen molar-refractivity contribution in [2.75, 3.05) is 0 Å². The third kappa shape index (κ3) is 3.15. The average Bonchev–Trinajstić information content (AvgIpc) is 2.34. The van der Waals surface area contributed by atoms with E-state index in [1.54, 1.807) is 42.8 Å². The van der Waals surface area contributed by atoms with Crippen LogP contribution in [0.1, 0.15) is 17.5 Å². The monoisotopic (exact) mass is 301 g/mol. The number of benzene rings is 1. The summed E-state index contributed by atoms with van der Waals surface area (Å²) < 4.78 is 1.69. The summed E-state index contributed by atoms with van der Waals surface area (Å²) in [5.41, 5.74) is 1.20. The Hall–Kier alpha value is -1.07. The number of nitrogens with zero attached hydrogens (tertiary/aromatic N) is 1. The van der Waals surface area contributed by atoms with Crippen LogP contribution >= 0.6 is 11.6 Å². The van der Waals surface area contributed by atoms with Crippen LogP contribution in [-0.4, -0.2) is 15.6 Å². The van der Waals surface area contributed by atoms with Crippen LogP contribution < -0.4 is 35.0 Å². The minimum Gasteiger partial charge on any atom is -1.00 e. The average molecular weight is 302 g/mol. The van der Waals surface area contributed by atoms with Gasteiger partial charge >= 0.3 is 35.5 Å². The van der Waals surface area contributed by atoms with Crippen molar-refractivity contribution in [1.82, 2.24) is 4.57 Å². The maximum atomic E-state index is 11.9. The molecular formula is C14H13ClNNaO3. The van der Waals surface area contributed by atoms with Gasteiger partial charge in [0, 0.05) is 23.8 Å². The number of halogens is 1. The number of aromatic carboxylic acids is 1. The largest absolute Gasteiger partial charge is 1.00 e. The summed E-state index contributed by atoms with van der Waals surface area (Å²) in [7, 11) is 1.73. The Bertz CT molecular complexity index is 713. The van der Waals surface area contributed by atoms with Crippen LogP contribution in [0.25, 0.3) is 11.3 Å². The van der Waals surface area contributed by atoms with Gasteiger partial charge in [-0.2, -0.15) is 0 Å². The second-order valence-corrected chi connectivity index (χ2v) is 4.66. The van der Waals surface area contributed by atoms with Crippen LogP contribution in [-0.2, 0) is 7.05 Å². The van der Waals surface area contributed by atoms with Gasteiger partial charge in [-0.1, -0.05) is 23.7 Å². The fraction of sp³-hybridized carbons (Fsp3) is 0.143. The molecule has 4 nitrogen and oxygen atoms in total. The summed E-state index contributed by atoms with van der Waals surface area (Å²) >= 11 is 5.82. The first-order valence-electron chi connectivity index (χ1n) is 5.61. The van der Waals surface area contributed by atoms with Crippen LogP contribution in [0.5, 0.6) is 0 Å². The van der Waals surface area contributed by atoms with Gasteiger partial charge in [0.1, 0.15) is 5.56 Å². The van der Waals surface area contributed by atoms with Gasteiger partial charge in [-0.05, 0) is 24.6 Å². The third-order valence-electron chi connectivity index (χ3n) is 3.09. The van der Waals surface area contributed by atoms with Gasteiger partial charge < -0.3 is 11.1 Å². The summed E-state index contributed by atoms with van der Waals surface area (Å²) in [4.78, 5) is 22.9. The van der Waals surface area contributed by atoms with E-state index < -0.39 is 11.4 Å². The molecule has 0 unspecified atom stereocenters. The van der Waals surface area contributed by atoms with Crippen LogP contribution in [0.3, 0.4) is 0 Å². The van der Waals surface area contributed by atoms with E-state index in [-0.39, 0.29) is 36.5 Å². The van der Waals surface area contributed by atoms with E-state index >= 15 is 0 Å². The van der Waals surface area contributed by atoms with Crippen molar-refractivity contribution in [1.29, 1.82) is 0 Å². The molecule has 20 heavy (non-hydrogen) atoms. The molecule has 2 rings (SSSR count). The van der Waals surface area contributed by atoms with Gasteiger partial charge in [-0.3, -0.25) is 4.79 Å². The molecule has 6 heteroatoms. The van der Waals surface area contributed by atoms with E-state index in [1.165, 1.54) is 6.07 Å². The van der Waals surface area contributed by atoms with E-state index in [2.05, 4.69) is 0 Å². The zero-order valence-corrected chi connectivity index (χ0v) is 14.2. The first-order valence-corrected chi connectivity index (χ1v) is 5.99. The Morgan fingerprint density at radius 2 is 1.85 bits per heavy atom. The number of aromatic nitrogens is 1. The zero-order valence-electron chi connectivity index (χ0n) is 12.5. The maximum absolute atomic E-state index is 11.9. The number of hydrogen-bond acceptors (Lipinski definition) is 2. The van der Waals surface area contributed by atoms with Gasteiger partial charge in [-0.25, -0.2) is 4.79 Å². The van der Waals surface area contributed by atoms with Crippen LogP contribution in [0.15, 0.2) is 35.1 Å². The number of pyridine rings is 1. The van der Waals surface area contributed by atoms with Crippen molar-refractivity contribution in [3.8, 4) is 11.3 Å². The van der Waals surface area contributed by atoms with Crippen molar-refractivity contribution in [3.05, 3.63) is 56.8 Å². The van der Waals surface area contributed by atoms with Crippen LogP contribution in [0, 0.1) is 6.92 Å². The standard InChI is InChI=1S/C14H12ClNO3.Na.H/c1-8-13(14(18)19)12(17)7-11(16(8)2)9-3-5-10(15)6-4-9;;/h3-7H,1-2H3,(H,18,19);;/q;+1;-1. The number of carboxylic acid groups (broad SMARTS) is 1. The number of carboxylic acids is 1. The summed E-state index contributed by atoms with van der Waals surface area (Å²) in [6, 6.07) is 8.36. The molecule has 0 saturated carbocycles. The van der Waals surface area contributed by atoms with Crippen molar-refractivity contribution in [2.24, 2.45) is 7.05 Å². The predicted molar refractivity (Wildman–Crippen MR) is 74.9 cm³/mol. The van der Waals surface area contributed by atoms with Crippen molar-refractivity contribution in [2.45, 2.75) is 6.92 Å². The van der Waals surface area contributed by atoms with E-state index in [9.17, 15) is 9.59 Å². The Morgan fingerprint density at radius 3 is 2.35 bits per heavy atom. The smallest absolute Gasteiger partial charge is 1.00 e. The molecule has 2 aromatic rings. The molecular weight excluding hydrogens is 289 g/mol. The molecule has 0 radical (unpaired) electrons. The van der Waals surface area contributed by atoms with Crippen LogP contribution in [0.2, 0.25) is 5.02 Å². The number of hydrogen-bond donors (Lipinski definition) is 1. The van der Waals surface area contributed by atoms with Crippen LogP contribution in [0.4, 0.5) is 0 Å². The van der Waals surface area contributed by atoms with E-state index in [0.29, 0.717) is 16.4 Å². The Labute approximate surface area is 144 Å². The normalized spacial score (nSPS) is 9.95. The summed E-state index contributed by atoms with van der Waals surface area (Å²) in [6.07, 6.45) is 0. The van der Waals surface area contributed by atoms with E-state index in [1.807, 2.05) is 0 Å². The molecule has 0 atom stereocenters. The fourth-order valence-electron chi connectivity index (χ4n) is 1.98. The second kappa shape index (κ2) is 6.59. The summed E-state index contributed by atoms with van der Waals surface area (Å²) in [5.74, 6) is -1.21. The van der Waals surface area contributed by atoms with Gasteiger partial charge in [0.2, 0.25) is 0 Å². The molecule has 0 aliphatic heterocycles. The minimum atomic E-state index is -1.21. The Balaban J connectivity index is 0.00000200. The molecule has 1 aromatic carbocycles. The molecule has 0 aliphatic rings. The van der Waals surface area contributed by atoms with Gasteiger partial charge in [-0.15, -0.1) is 0 Å². The molecule has 0 fully saturated rings. The Kier molecular flexibility index (Phi) is 5.59. The second-order valence-electron chi connectivity index (χ2n) is 4.23. The molecule has 0 aliphatic carbocycles. The molecule has 0 amide bonds. The summed E-state index contributed by atoms with van der Waals surface area (Å²) in [5, 5.41) is 9.64. The minimum absolute atomic E-state index is 0. The quantitative estimate of drug-likeness (QED) is 0.784.